The Labute approximate surface area is 154 Å². The maximum absolute atomic E-state index is 13.4. The highest BCUT2D eigenvalue weighted by atomic mass is 16.3. The van der Waals surface area contributed by atoms with Crippen LogP contribution in [0.25, 0.3) is 0 Å². The third kappa shape index (κ3) is 3.27. The summed E-state index contributed by atoms with van der Waals surface area (Å²) in [5, 5.41) is 10.0. The van der Waals surface area contributed by atoms with Gasteiger partial charge >= 0.3 is 0 Å². The number of fused-ring (bicyclic) bond motifs is 1. The minimum atomic E-state index is -0.412. The van der Waals surface area contributed by atoms with Gasteiger partial charge in [0.15, 0.2) is 0 Å². The van der Waals surface area contributed by atoms with Gasteiger partial charge in [-0.15, -0.1) is 0 Å². The predicted molar refractivity (Wildman–Crippen MR) is 98.3 cm³/mol. The number of aromatic nitrogens is 2. The summed E-state index contributed by atoms with van der Waals surface area (Å²) in [6, 6.07) is 9.95. The zero-order valence-corrected chi connectivity index (χ0v) is 15.2. The number of aliphatic hydroxyl groups is 1. The van der Waals surface area contributed by atoms with Crippen molar-refractivity contribution < 1.29 is 9.90 Å². The van der Waals surface area contributed by atoms with Crippen molar-refractivity contribution in [3.05, 3.63) is 53.6 Å². The lowest BCUT2D eigenvalue weighted by Gasteiger charge is -2.39. The zero-order chi connectivity index (χ0) is 18.1. The Balaban J connectivity index is 1.65. The molecule has 0 aliphatic carbocycles. The van der Waals surface area contributed by atoms with Crippen molar-refractivity contribution in [1.82, 2.24) is 19.4 Å². The number of β-amino-alcohol motifs (C(OH)–C–C–N with tert-alkyl or cyclic N) is 1. The van der Waals surface area contributed by atoms with Crippen molar-refractivity contribution in [2.45, 2.75) is 38.0 Å². The highest BCUT2D eigenvalue weighted by Gasteiger charge is 2.39. The quantitative estimate of drug-likeness (QED) is 0.907. The first-order valence-electron chi connectivity index (χ1n) is 9.38. The summed E-state index contributed by atoms with van der Waals surface area (Å²) in [5.41, 5.74) is 3.22. The van der Waals surface area contributed by atoms with Gasteiger partial charge in [-0.3, -0.25) is 9.69 Å². The molecule has 2 aliphatic rings. The number of aryl methyl sites for hydroxylation is 1. The molecule has 2 atom stereocenters. The van der Waals surface area contributed by atoms with Crippen molar-refractivity contribution in [2.24, 2.45) is 7.05 Å². The molecule has 2 aromatic rings. The van der Waals surface area contributed by atoms with Gasteiger partial charge in [-0.1, -0.05) is 30.3 Å². The number of amides is 1. The number of rotatable bonds is 3. The van der Waals surface area contributed by atoms with Gasteiger partial charge in [0.1, 0.15) is 6.04 Å². The third-order valence-corrected chi connectivity index (χ3v) is 5.49. The van der Waals surface area contributed by atoms with E-state index in [2.05, 4.69) is 22.0 Å². The largest absolute Gasteiger partial charge is 0.391 e. The molecule has 2 aliphatic heterocycles. The monoisotopic (exact) mass is 354 g/mol. The summed E-state index contributed by atoms with van der Waals surface area (Å²) in [6.07, 6.45) is 3.89. The fourth-order valence-corrected chi connectivity index (χ4v) is 4.17. The van der Waals surface area contributed by atoms with E-state index < -0.39 is 6.10 Å². The molecule has 2 unspecified atom stereocenters. The molecule has 1 aromatic heterocycles. The standard InChI is InChI=1S/C20H26N4O2/c1-22-14-21-17-9-11-23(12-15-6-3-2-4-7-15)19(18(17)22)20(26)24-10-5-8-16(25)13-24/h2-4,6-7,14,16,19,25H,5,8-13H2,1H3. The number of benzene rings is 1. The van der Waals surface area contributed by atoms with Crippen LogP contribution in [-0.4, -0.2) is 56.1 Å². The predicted octanol–water partition coefficient (Wildman–Crippen LogP) is 1.50. The van der Waals surface area contributed by atoms with Crippen molar-refractivity contribution in [3.63, 3.8) is 0 Å². The van der Waals surface area contributed by atoms with Crippen molar-refractivity contribution >= 4 is 5.91 Å². The van der Waals surface area contributed by atoms with Crippen LogP contribution in [-0.2, 0) is 24.8 Å². The van der Waals surface area contributed by atoms with E-state index in [0.29, 0.717) is 6.54 Å². The van der Waals surface area contributed by atoms with Crippen molar-refractivity contribution in [3.8, 4) is 0 Å². The van der Waals surface area contributed by atoms with Gasteiger partial charge in [0.05, 0.1) is 23.8 Å². The Hall–Kier alpha value is -2.18. The molecule has 1 aromatic carbocycles. The average Bonchev–Trinajstić information content (AvgIpc) is 3.03. The first kappa shape index (κ1) is 17.2. The van der Waals surface area contributed by atoms with Gasteiger partial charge in [0, 0.05) is 39.6 Å². The average molecular weight is 354 g/mol. The first-order chi connectivity index (χ1) is 12.6. The number of carbonyl (C=O) groups excluding carboxylic acids is 1. The van der Waals surface area contributed by atoms with Crippen LogP contribution < -0.4 is 0 Å². The van der Waals surface area contributed by atoms with E-state index in [-0.39, 0.29) is 11.9 Å². The lowest BCUT2D eigenvalue weighted by Crippen LogP contribution is -2.50. The summed E-state index contributed by atoms with van der Waals surface area (Å²) in [4.78, 5) is 22.0. The molecular formula is C20H26N4O2. The van der Waals surface area contributed by atoms with Crippen LogP contribution in [0.1, 0.15) is 35.8 Å². The number of hydrogen-bond acceptors (Lipinski definition) is 4. The molecule has 1 fully saturated rings. The number of likely N-dealkylation sites (tertiary alicyclic amines) is 1. The van der Waals surface area contributed by atoms with E-state index in [1.807, 2.05) is 41.0 Å². The van der Waals surface area contributed by atoms with E-state index >= 15 is 0 Å². The molecule has 138 valence electrons. The fourth-order valence-electron chi connectivity index (χ4n) is 4.17. The van der Waals surface area contributed by atoms with Crippen molar-refractivity contribution in [1.29, 1.82) is 0 Å². The van der Waals surface area contributed by atoms with Crippen LogP contribution in [0.15, 0.2) is 36.7 Å². The molecule has 4 rings (SSSR count). The molecular weight excluding hydrogens is 328 g/mol. The van der Waals surface area contributed by atoms with E-state index in [1.54, 1.807) is 0 Å². The summed E-state index contributed by atoms with van der Waals surface area (Å²) in [5.74, 6) is 0.0873. The van der Waals surface area contributed by atoms with Crippen LogP contribution in [0, 0.1) is 0 Å². The number of imidazole rings is 1. The van der Waals surface area contributed by atoms with Gasteiger partial charge in [0.25, 0.3) is 0 Å². The normalized spacial score (nSPS) is 23.7. The molecule has 0 saturated carbocycles. The molecule has 1 amide bonds. The molecule has 26 heavy (non-hydrogen) atoms. The number of piperidine rings is 1. The van der Waals surface area contributed by atoms with E-state index in [9.17, 15) is 9.90 Å². The Morgan fingerprint density at radius 1 is 1.27 bits per heavy atom. The Morgan fingerprint density at radius 3 is 2.85 bits per heavy atom. The molecule has 6 heteroatoms. The highest BCUT2D eigenvalue weighted by Crippen LogP contribution is 2.32. The molecule has 3 heterocycles. The van der Waals surface area contributed by atoms with Crippen LogP contribution in [0.3, 0.4) is 0 Å². The van der Waals surface area contributed by atoms with Crippen LogP contribution in [0.4, 0.5) is 0 Å². The Morgan fingerprint density at radius 2 is 2.08 bits per heavy atom. The van der Waals surface area contributed by atoms with E-state index in [4.69, 9.17) is 0 Å². The molecule has 6 nitrogen and oxygen atoms in total. The molecule has 1 saturated heterocycles. The van der Waals surface area contributed by atoms with Gasteiger partial charge in [-0.25, -0.2) is 4.98 Å². The molecule has 0 spiro atoms. The van der Waals surface area contributed by atoms with Crippen molar-refractivity contribution in [2.75, 3.05) is 19.6 Å². The highest BCUT2D eigenvalue weighted by molar-refractivity contribution is 5.83. The van der Waals surface area contributed by atoms with E-state index in [1.165, 1.54) is 5.56 Å². The first-order valence-corrected chi connectivity index (χ1v) is 9.38. The number of carbonyl (C=O) groups is 1. The molecule has 1 N–H and O–H groups in total. The second-order valence-electron chi connectivity index (χ2n) is 7.38. The van der Waals surface area contributed by atoms with Gasteiger partial charge < -0.3 is 14.6 Å². The summed E-state index contributed by atoms with van der Waals surface area (Å²) in [7, 11) is 1.96. The number of nitrogens with zero attached hydrogens (tertiary/aromatic N) is 4. The topological polar surface area (TPSA) is 61.6 Å². The van der Waals surface area contributed by atoms with Crippen LogP contribution in [0.5, 0.6) is 0 Å². The third-order valence-electron chi connectivity index (χ3n) is 5.49. The second-order valence-corrected chi connectivity index (χ2v) is 7.38. The summed E-state index contributed by atoms with van der Waals surface area (Å²) in [6.45, 7) is 2.70. The number of aliphatic hydroxyl groups excluding tert-OH is 1. The Bertz CT molecular complexity index is 773. The minimum Gasteiger partial charge on any atom is -0.391 e. The van der Waals surface area contributed by atoms with Crippen LogP contribution in [0.2, 0.25) is 0 Å². The number of hydrogen-bond donors (Lipinski definition) is 1. The maximum Gasteiger partial charge on any atom is 0.246 e. The van der Waals surface area contributed by atoms with Gasteiger partial charge in [-0.2, -0.15) is 0 Å². The minimum absolute atomic E-state index is 0.0873. The van der Waals surface area contributed by atoms with Gasteiger partial charge in [0.2, 0.25) is 5.91 Å². The fraction of sp³-hybridized carbons (Fsp3) is 0.500. The van der Waals surface area contributed by atoms with E-state index in [0.717, 1.165) is 50.3 Å². The lowest BCUT2D eigenvalue weighted by molar-refractivity contribution is -0.141. The zero-order valence-electron chi connectivity index (χ0n) is 15.2. The molecule has 0 bridgehead atoms. The second kappa shape index (κ2) is 7.21. The SMILES string of the molecule is Cn1cnc2c1C(C(=O)N1CCCC(O)C1)N(Cc1ccccc1)CC2. The molecule has 0 radical (unpaired) electrons. The van der Waals surface area contributed by atoms with Crippen LogP contribution >= 0.6 is 0 Å². The Kier molecular flexibility index (Phi) is 4.78. The maximum atomic E-state index is 13.4. The lowest BCUT2D eigenvalue weighted by atomic mass is 9.98. The summed E-state index contributed by atoms with van der Waals surface area (Å²) < 4.78 is 1.98. The summed E-state index contributed by atoms with van der Waals surface area (Å²) >= 11 is 0. The smallest absolute Gasteiger partial charge is 0.246 e. The van der Waals surface area contributed by atoms with Gasteiger partial charge in [-0.05, 0) is 18.4 Å².